The lowest BCUT2D eigenvalue weighted by molar-refractivity contribution is -0.140. The van der Waals surface area contributed by atoms with Crippen molar-refractivity contribution < 1.29 is 9.53 Å². The molecule has 0 aliphatic rings. The topological polar surface area (TPSA) is 26.3 Å². The van der Waals surface area contributed by atoms with Crippen molar-refractivity contribution in [2.75, 3.05) is 7.11 Å². The van der Waals surface area contributed by atoms with E-state index in [1.165, 1.54) is 64.9 Å². The maximum Gasteiger partial charge on any atom is 0.305 e. The molecule has 0 saturated heterocycles. The number of ether oxygens (including phenoxy) is 1. The second-order valence-electron chi connectivity index (χ2n) is 6.47. The highest BCUT2D eigenvalue weighted by Crippen LogP contribution is 2.22. The predicted molar refractivity (Wildman–Crippen MR) is 102 cm³/mol. The van der Waals surface area contributed by atoms with Crippen molar-refractivity contribution in [1.82, 2.24) is 0 Å². The third-order valence-corrected chi connectivity index (χ3v) is 5.49. The molecule has 0 aliphatic carbocycles. The molecule has 23 heavy (non-hydrogen) atoms. The molecule has 2 nitrogen and oxygen atoms in total. The third kappa shape index (κ3) is 15.3. The maximum absolute atomic E-state index is 11.0. The molecule has 0 aromatic heterocycles. The van der Waals surface area contributed by atoms with E-state index in [1.807, 2.05) is 0 Å². The molecule has 0 aliphatic heterocycles. The fourth-order valence-electron chi connectivity index (χ4n) is 2.72. The lowest BCUT2D eigenvalue weighted by atomic mass is 10.0. The minimum absolute atomic E-state index is 0.0170. The van der Waals surface area contributed by atoms with E-state index in [-0.39, 0.29) is 16.7 Å². The van der Waals surface area contributed by atoms with E-state index in [2.05, 4.69) is 11.7 Å². The van der Waals surface area contributed by atoms with Crippen LogP contribution in [0.4, 0.5) is 0 Å². The monoisotopic (exact) mass is 366 g/mol. The highest BCUT2D eigenvalue weighted by molar-refractivity contribution is 6.29. The number of carbonyl (C=O) groups excluding carboxylic acids is 1. The van der Waals surface area contributed by atoms with Crippen LogP contribution in [0.2, 0.25) is 0 Å². The molecule has 0 saturated carbocycles. The Morgan fingerprint density at radius 3 is 1.70 bits per heavy atom. The van der Waals surface area contributed by atoms with Gasteiger partial charge in [0.2, 0.25) is 0 Å². The molecule has 2 atom stereocenters. The standard InChI is InChI=1S/C19H36Cl2O2/c1-3-4-5-6-7-8-9-10-11-14-17(20)18(21)15-12-13-16-19(22)23-2/h17-18H,3-16H2,1-2H3/t17-,18-/m1/s1. The van der Waals surface area contributed by atoms with Crippen molar-refractivity contribution in [2.24, 2.45) is 0 Å². The summed E-state index contributed by atoms with van der Waals surface area (Å²) in [4.78, 5) is 11.0. The Morgan fingerprint density at radius 1 is 0.783 bits per heavy atom. The van der Waals surface area contributed by atoms with Gasteiger partial charge in [-0.3, -0.25) is 4.79 Å². The zero-order chi connectivity index (χ0) is 17.3. The average molecular weight is 367 g/mol. The summed E-state index contributed by atoms with van der Waals surface area (Å²) in [5.74, 6) is -0.145. The van der Waals surface area contributed by atoms with Crippen LogP contribution in [0.15, 0.2) is 0 Å². The molecule has 0 heterocycles. The van der Waals surface area contributed by atoms with Gasteiger partial charge in [-0.1, -0.05) is 71.1 Å². The van der Waals surface area contributed by atoms with Crippen molar-refractivity contribution in [3.63, 3.8) is 0 Å². The van der Waals surface area contributed by atoms with Gasteiger partial charge in [-0.25, -0.2) is 0 Å². The zero-order valence-electron chi connectivity index (χ0n) is 15.1. The van der Waals surface area contributed by atoms with E-state index in [0.29, 0.717) is 6.42 Å². The number of halogens is 2. The van der Waals surface area contributed by atoms with E-state index in [4.69, 9.17) is 23.2 Å². The highest BCUT2D eigenvalue weighted by Gasteiger charge is 2.16. The van der Waals surface area contributed by atoms with Crippen LogP contribution >= 0.6 is 23.2 Å². The molecule has 0 spiro atoms. The number of hydrogen-bond donors (Lipinski definition) is 0. The smallest absolute Gasteiger partial charge is 0.305 e. The fourth-order valence-corrected chi connectivity index (χ4v) is 3.28. The number of rotatable bonds is 16. The molecular formula is C19H36Cl2O2. The van der Waals surface area contributed by atoms with Crippen LogP contribution in [0.25, 0.3) is 0 Å². The minimum Gasteiger partial charge on any atom is -0.469 e. The molecule has 0 fully saturated rings. The van der Waals surface area contributed by atoms with Gasteiger partial charge in [0.15, 0.2) is 0 Å². The zero-order valence-corrected chi connectivity index (χ0v) is 16.6. The molecular weight excluding hydrogens is 331 g/mol. The van der Waals surface area contributed by atoms with E-state index >= 15 is 0 Å². The van der Waals surface area contributed by atoms with Crippen molar-refractivity contribution in [3.8, 4) is 0 Å². The number of alkyl halides is 2. The second-order valence-corrected chi connectivity index (χ2v) is 7.59. The second kappa shape index (κ2) is 16.9. The first-order valence-corrected chi connectivity index (χ1v) is 10.3. The minimum atomic E-state index is -0.145. The third-order valence-electron chi connectivity index (χ3n) is 4.31. The summed E-state index contributed by atoms with van der Waals surface area (Å²) in [6.07, 6.45) is 16.1. The van der Waals surface area contributed by atoms with Crippen molar-refractivity contribution in [2.45, 2.75) is 108 Å². The van der Waals surface area contributed by atoms with E-state index in [0.717, 1.165) is 25.7 Å². The molecule has 4 heteroatoms. The quantitative estimate of drug-likeness (QED) is 0.169. The van der Waals surface area contributed by atoms with Gasteiger partial charge in [0.05, 0.1) is 7.11 Å². The number of esters is 1. The average Bonchev–Trinajstić information content (AvgIpc) is 2.56. The first kappa shape index (κ1) is 23.1. The molecule has 0 amide bonds. The Bertz CT molecular complexity index is 272. The summed E-state index contributed by atoms with van der Waals surface area (Å²) in [6.45, 7) is 2.26. The lowest BCUT2D eigenvalue weighted by Gasteiger charge is -2.15. The molecule has 0 aromatic carbocycles. The van der Waals surface area contributed by atoms with E-state index in [9.17, 15) is 4.79 Å². The summed E-state index contributed by atoms with van der Waals surface area (Å²) in [5, 5.41) is 0.0719. The van der Waals surface area contributed by atoms with Gasteiger partial charge in [0.25, 0.3) is 0 Å². The van der Waals surface area contributed by atoms with Gasteiger partial charge in [0, 0.05) is 17.2 Å². The molecule has 138 valence electrons. The normalized spacial score (nSPS) is 13.7. The van der Waals surface area contributed by atoms with Crippen LogP contribution < -0.4 is 0 Å². The molecule has 0 rings (SSSR count). The maximum atomic E-state index is 11.0. The summed E-state index contributed by atoms with van der Waals surface area (Å²) >= 11 is 12.7. The van der Waals surface area contributed by atoms with Crippen LogP contribution in [0.5, 0.6) is 0 Å². The Labute approximate surface area is 153 Å². The first-order valence-electron chi connectivity index (χ1n) is 9.46. The lowest BCUT2D eigenvalue weighted by Crippen LogP contribution is -2.15. The molecule has 0 bridgehead atoms. The first-order chi connectivity index (χ1) is 11.1. The van der Waals surface area contributed by atoms with Gasteiger partial charge in [0.1, 0.15) is 0 Å². The summed E-state index contributed by atoms with van der Waals surface area (Å²) in [6, 6.07) is 0. The van der Waals surface area contributed by atoms with Gasteiger partial charge in [-0.2, -0.15) is 0 Å². The Morgan fingerprint density at radius 2 is 1.22 bits per heavy atom. The highest BCUT2D eigenvalue weighted by atomic mass is 35.5. The van der Waals surface area contributed by atoms with Gasteiger partial charge in [-0.05, 0) is 19.3 Å². The van der Waals surface area contributed by atoms with Crippen LogP contribution in [-0.4, -0.2) is 23.8 Å². The number of methoxy groups -OCH3 is 1. The van der Waals surface area contributed by atoms with Crippen LogP contribution in [0.1, 0.15) is 96.8 Å². The number of unbranched alkanes of at least 4 members (excludes halogenated alkanes) is 9. The van der Waals surface area contributed by atoms with Crippen molar-refractivity contribution in [3.05, 3.63) is 0 Å². The molecule has 0 unspecified atom stereocenters. The van der Waals surface area contributed by atoms with Crippen molar-refractivity contribution >= 4 is 29.2 Å². The molecule has 0 N–H and O–H groups in total. The number of hydrogen-bond acceptors (Lipinski definition) is 2. The SMILES string of the molecule is CCCCCCCCCCC[C@@H](Cl)[C@H](Cl)CCCCC(=O)OC. The molecule has 0 radical (unpaired) electrons. The fraction of sp³-hybridized carbons (Fsp3) is 0.947. The summed E-state index contributed by atoms with van der Waals surface area (Å²) < 4.78 is 4.62. The Kier molecular flexibility index (Phi) is 16.9. The van der Waals surface area contributed by atoms with Crippen LogP contribution in [0, 0.1) is 0 Å². The Hall–Kier alpha value is 0.0500. The van der Waals surface area contributed by atoms with Crippen LogP contribution in [-0.2, 0) is 9.53 Å². The van der Waals surface area contributed by atoms with Crippen LogP contribution in [0.3, 0.4) is 0 Å². The Balaban J connectivity index is 3.40. The largest absolute Gasteiger partial charge is 0.469 e. The van der Waals surface area contributed by atoms with Gasteiger partial charge < -0.3 is 4.74 Å². The van der Waals surface area contributed by atoms with Gasteiger partial charge in [-0.15, -0.1) is 23.2 Å². The summed E-state index contributed by atoms with van der Waals surface area (Å²) in [7, 11) is 1.42. The number of carbonyl (C=O) groups is 1. The van der Waals surface area contributed by atoms with E-state index in [1.54, 1.807) is 0 Å². The van der Waals surface area contributed by atoms with Gasteiger partial charge >= 0.3 is 5.97 Å². The predicted octanol–water partition coefficient (Wildman–Crippen LogP) is 6.86. The van der Waals surface area contributed by atoms with Crippen molar-refractivity contribution in [1.29, 1.82) is 0 Å². The summed E-state index contributed by atoms with van der Waals surface area (Å²) in [5.41, 5.74) is 0. The van der Waals surface area contributed by atoms with E-state index < -0.39 is 0 Å². The molecule has 0 aromatic rings.